The number of nitrogens with zero attached hydrogens (tertiary/aromatic N) is 1. The maximum absolute atomic E-state index is 5.11. The summed E-state index contributed by atoms with van der Waals surface area (Å²) in [7, 11) is 0. The molecule has 0 radical (unpaired) electrons. The molecule has 0 aliphatic heterocycles. The lowest BCUT2D eigenvalue weighted by molar-refractivity contribution is 0.149. The van der Waals surface area contributed by atoms with E-state index in [9.17, 15) is 0 Å². The van der Waals surface area contributed by atoms with E-state index in [-0.39, 0.29) is 4.84 Å². The molecule has 1 rings (SSSR count). The van der Waals surface area contributed by atoms with E-state index in [1.165, 1.54) is 0 Å². The van der Waals surface area contributed by atoms with Gasteiger partial charge in [0.05, 0.1) is 6.61 Å². The van der Waals surface area contributed by atoms with E-state index in [0.29, 0.717) is 13.0 Å². The minimum Gasteiger partial charge on any atom is -0.381 e. The summed E-state index contributed by atoms with van der Waals surface area (Å²) in [5.74, 6) is 0.739. The van der Waals surface area contributed by atoms with Gasteiger partial charge in [0, 0.05) is 13.0 Å². The second-order valence-electron chi connectivity index (χ2n) is 1.98. The lowest BCUT2D eigenvalue weighted by atomic mass is 10.4. The Hall–Kier alpha value is -0.680. The highest BCUT2D eigenvalue weighted by atomic mass is 32.1. The van der Waals surface area contributed by atoms with Crippen LogP contribution in [0.2, 0.25) is 0 Å². The van der Waals surface area contributed by atoms with Gasteiger partial charge in [-0.2, -0.15) is 4.98 Å². The van der Waals surface area contributed by atoms with Gasteiger partial charge in [0.1, 0.15) is 5.82 Å². The van der Waals surface area contributed by atoms with Crippen LogP contribution in [0, 0.1) is 4.84 Å². The third-order valence-corrected chi connectivity index (χ3v) is 1.34. The van der Waals surface area contributed by atoms with Crippen LogP contribution in [0.4, 0.5) is 0 Å². The smallest absolute Gasteiger partial charge is 0.314 e. The normalized spacial score (nSPS) is 10.3. The van der Waals surface area contributed by atoms with E-state index in [2.05, 4.69) is 22.4 Å². The molecule has 4 nitrogen and oxygen atoms in total. The van der Waals surface area contributed by atoms with Crippen molar-refractivity contribution in [3.05, 3.63) is 10.7 Å². The maximum atomic E-state index is 5.11. The van der Waals surface area contributed by atoms with Crippen LogP contribution in [0.1, 0.15) is 12.7 Å². The second-order valence-corrected chi connectivity index (χ2v) is 2.32. The molecule has 1 N–H and O–H groups in total. The monoisotopic (exact) mass is 174 g/mol. The molecule has 62 valence electrons. The van der Waals surface area contributed by atoms with E-state index in [4.69, 9.17) is 9.26 Å². The van der Waals surface area contributed by atoms with Gasteiger partial charge in [0.15, 0.2) is 0 Å². The third kappa shape index (κ3) is 2.81. The summed E-state index contributed by atoms with van der Waals surface area (Å²) in [6.45, 7) is 3.32. The van der Waals surface area contributed by atoms with E-state index in [1.54, 1.807) is 0 Å². The first-order valence-corrected chi connectivity index (χ1v) is 3.86. The number of aromatic nitrogens is 2. The van der Waals surface area contributed by atoms with Crippen molar-refractivity contribution in [1.82, 2.24) is 10.1 Å². The van der Waals surface area contributed by atoms with Crippen LogP contribution in [0.25, 0.3) is 0 Å². The topological polar surface area (TPSA) is 51.1 Å². The van der Waals surface area contributed by atoms with Crippen molar-refractivity contribution in [1.29, 1.82) is 0 Å². The molecule has 0 amide bonds. The highest BCUT2D eigenvalue weighted by molar-refractivity contribution is 7.71. The van der Waals surface area contributed by atoms with Crippen LogP contribution in [0.5, 0.6) is 0 Å². The molecule has 0 bridgehead atoms. The molecule has 0 saturated heterocycles. The zero-order valence-electron chi connectivity index (χ0n) is 6.29. The van der Waals surface area contributed by atoms with Gasteiger partial charge in [-0.3, -0.25) is 0 Å². The summed E-state index contributed by atoms with van der Waals surface area (Å²) in [6.07, 6.45) is 0.716. The molecule has 0 aromatic carbocycles. The molecule has 0 atom stereocenters. The number of ether oxygens (including phenoxy) is 1. The predicted molar refractivity (Wildman–Crippen MR) is 41.9 cm³/mol. The minimum atomic E-state index is 0.247. The molecule has 0 saturated carbocycles. The molecule has 0 fully saturated rings. The lowest BCUT2D eigenvalue weighted by Gasteiger charge is -1.95. The number of hydrogen-bond donors (Lipinski definition) is 1. The van der Waals surface area contributed by atoms with Crippen LogP contribution in [-0.4, -0.2) is 23.4 Å². The van der Waals surface area contributed by atoms with Crippen molar-refractivity contribution in [3.63, 3.8) is 0 Å². The van der Waals surface area contributed by atoms with Crippen molar-refractivity contribution in [3.8, 4) is 0 Å². The third-order valence-electron chi connectivity index (χ3n) is 1.17. The summed E-state index contributed by atoms with van der Waals surface area (Å²) in [5, 5.41) is 2.59. The Labute approximate surface area is 69.5 Å². The average molecular weight is 174 g/mol. The molecule has 11 heavy (non-hydrogen) atoms. The molecule has 1 heterocycles. The van der Waals surface area contributed by atoms with Crippen molar-refractivity contribution in [2.45, 2.75) is 13.3 Å². The fourth-order valence-corrected chi connectivity index (χ4v) is 0.830. The number of aromatic amines is 1. The van der Waals surface area contributed by atoms with Crippen LogP contribution < -0.4 is 0 Å². The molecular weight excluding hydrogens is 164 g/mol. The molecule has 0 aliphatic rings. The van der Waals surface area contributed by atoms with Gasteiger partial charge < -0.3 is 9.26 Å². The SMILES string of the molecule is CCOCCc1nc(=S)o[nH]1. The summed E-state index contributed by atoms with van der Waals surface area (Å²) in [6, 6.07) is 0. The Morgan fingerprint density at radius 1 is 1.73 bits per heavy atom. The molecule has 5 heteroatoms. The Morgan fingerprint density at radius 2 is 2.55 bits per heavy atom. The quantitative estimate of drug-likeness (QED) is 0.552. The zero-order valence-corrected chi connectivity index (χ0v) is 7.11. The lowest BCUT2D eigenvalue weighted by Crippen LogP contribution is -1.98. The van der Waals surface area contributed by atoms with Gasteiger partial charge in [-0.1, -0.05) is 0 Å². The summed E-state index contributed by atoms with van der Waals surface area (Å²) in [4.78, 5) is 4.14. The van der Waals surface area contributed by atoms with Gasteiger partial charge in [-0.25, -0.2) is 5.16 Å². The highest BCUT2D eigenvalue weighted by Crippen LogP contribution is 1.92. The van der Waals surface area contributed by atoms with Crippen molar-refractivity contribution in [2.75, 3.05) is 13.2 Å². The van der Waals surface area contributed by atoms with Crippen LogP contribution in [0.15, 0.2) is 4.52 Å². The van der Waals surface area contributed by atoms with Gasteiger partial charge in [-0.05, 0) is 19.1 Å². The van der Waals surface area contributed by atoms with E-state index >= 15 is 0 Å². The summed E-state index contributed by atoms with van der Waals surface area (Å²) < 4.78 is 9.83. The molecular formula is C6H10N2O2S. The van der Waals surface area contributed by atoms with E-state index < -0.39 is 0 Å². The van der Waals surface area contributed by atoms with E-state index in [1.807, 2.05) is 6.92 Å². The Bertz CT molecular complexity index is 255. The first kappa shape index (κ1) is 8.42. The fraction of sp³-hybridized carbons (Fsp3) is 0.667. The van der Waals surface area contributed by atoms with Crippen molar-refractivity contribution < 1.29 is 9.26 Å². The second kappa shape index (κ2) is 4.25. The largest absolute Gasteiger partial charge is 0.381 e. The zero-order chi connectivity index (χ0) is 8.10. The predicted octanol–water partition coefficient (Wildman–Crippen LogP) is 1.31. The first-order valence-electron chi connectivity index (χ1n) is 3.45. The van der Waals surface area contributed by atoms with Gasteiger partial charge in [0.25, 0.3) is 0 Å². The first-order chi connectivity index (χ1) is 5.33. The van der Waals surface area contributed by atoms with Crippen LogP contribution in [-0.2, 0) is 11.2 Å². The van der Waals surface area contributed by atoms with E-state index in [0.717, 1.165) is 12.4 Å². The molecule has 1 aromatic rings. The Balaban J connectivity index is 2.33. The minimum absolute atomic E-state index is 0.247. The summed E-state index contributed by atoms with van der Waals surface area (Å²) in [5.41, 5.74) is 0. The van der Waals surface area contributed by atoms with Crippen LogP contribution in [0.3, 0.4) is 0 Å². The summed E-state index contributed by atoms with van der Waals surface area (Å²) >= 11 is 4.66. The van der Waals surface area contributed by atoms with Crippen molar-refractivity contribution >= 4 is 12.2 Å². The number of hydrogen-bond acceptors (Lipinski definition) is 4. The fourth-order valence-electron chi connectivity index (χ4n) is 0.679. The molecule has 0 spiro atoms. The van der Waals surface area contributed by atoms with Crippen molar-refractivity contribution in [2.24, 2.45) is 0 Å². The average Bonchev–Trinajstić information content (AvgIpc) is 2.37. The molecule has 0 aliphatic carbocycles. The standard InChI is InChI=1S/C6H10N2O2S/c1-2-9-4-3-5-7-6(11)10-8-5/h2-4H2,1H3,(H,7,8,11). The van der Waals surface area contributed by atoms with Crippen LogP contribution >= 0.6 is 12.2 Å². The van der Waals surface area contributed by atoms with Gasteiger partial charge >= 0.3 is 4.84 Å². The highest BCUT2D eigenvalue weighted by Gasteiger charge is 1.96. The number of rotatable bonds is 4. The molecule has 1 aromatic heterocycles. The van der Waals surface area contributed by atoms with Gasteiger partial charge in [-0.15, -0.1) is 0 Å². The maximum Gasteiger partial charge on any atom is 0.314 e. The number of nitrogens with one attached hydrogen (secondary N) is 1. The number of H-pyrrole nitrogens is 1. The Morgan fingerprint density at radius 3 is 3.09 bits per heavy atom. The van der Waals surface area contributed by atoms with Gasteiger partial charge in [0.2, 0.25) is 0 Å². The Kier molecular flexibility index (Phi) is 3.25. The molecule has 0 unspecified atom stereocenters.